The molecule has 1 amide bonds. The second-order valence-electron chi connectivity index (χ2n) is 7.99. The van der Waals surface area contributed by atoms with E-state index >= 15 is 0 Å². The van der Waals surface area contributed by atoms with E-state index in [0.29, 0.717) is 35.4 Å². The number of hydrogen-bond donors (Lipinski definition) is 0. The third-order valence-corrected chi connectivity index (χ3v) is 6.09. The Labute approximate surface area is 185 Å². The maximum atomic E-state index is 12.7. The molecule has 0 aliphatic carbocycles. The molecule has 3 aromatic carbocycles. The van der Waals surface area contributed by atoms with Gasteiger partial charge in [-0.3, -0.25) is 4.79 Å². The molecule has 1 aliphatic rings. The quantitative estimate of drug-likeness (QED) is 0.363. The van der Waals surface area contributed by atoms with E-state index in [1.54, 1.807) is 6.07 Å². The molecule has 0 bridgehead atoms. The highest BCUT2D eigenvalue weighted by Crippen LogP contribution is 2.30. The topological polar surface area (TPSA) is 63.0 Å². The van der Waals surface area contributed by atoms with Crippen molar-refractivity contribution in [3.63, 3.8) is 0 Å². The van der Waals surface area contributed by atoms with Crippen LogP contribution < -0.4 is 15.3 Å². The molecule has 1 aromatic heterocycles. The van der Waals surface area contributed by atoms with E-state index in [-0.39, 0.29) is 18.1 Å². The zero-order chi connectivity index (χ0) is 22.1. The van der Waals surface area contributed by atoms with Crippen LogP contribution in [0.5, 0.6) is 5.75 Å². The molecule has 0 spiro atoms. The summed E-state index contributed by atoms with van der Waals surface area (Å²) >= 11 is 0. The Morgan fingerprint density at radius 1 is 0.875 bits per heavy atom. The molecule has 4 aromatic rings. The number of rotatable bonds is 4. The molecule has 2 heterocycles. The molecule has 6 heteroatoms. The van der Waals surface area contributed by atoms with Crippen LogP contribution in [0.2, 0.25) is 0 Å². The van der Waals surface area contributed by atoms with E-state index < -0.39 is 0 Å². The SMILES string of the molecule is Cc1c(OCC(=O)N2CCN(c3ccccc3)CC2)ccc2c1oc(=O)c1ccccc12. The normalized spacial score (nSPS) is 14.2. The Morgan fingerprint density at radius 2 is 1.56 bits per heavy atom. The summed E-state index contributed by atoms with van der Waals surface area (Å²) < 4.78 is 11.4. The number of carbonyl (C=O) groups is 1. The zero-order valence-corrected chi connectivity index (χ0v) is 17.9. The Kier molecular flexibility index (Phi) is 5.27. The molecule has 1 aliphatic heterocycles. The maximum Gasteiger partial charge on any atom is 0.344 e. The van der Waals surface area contributed by atoms with Crippen molar-refractivity contribution < 1.29 is 13.9 Å². The Morgan fingerprint density at radius 3 is 2.31 bits per heavy atom. The lowest BCUT2D eigenvalue weighted by molar-refractivity contribution is -0.133. The average Bonchev–Trinajstić information content (AvgIpc) is 2.85. The van der Waals surface area contributed by atoms with Crippen LogP contribution in [0.3, 0.4) is 0 Å². The van der Waals surface area contributed by atoms with Gasteiger partial charge in [-0.15, -0.1) is 0 Å². The number of benzene rings is 3. The standard InChI is InChI=1S/C26H24N2O4/c1-18-23(12-11-21-20-9-5-6-10-22(20)26(30)32-25(18)21)31-17-24(29)28-15-13-27(14-16-28)19-7-3-2-4-8-19/h2-12H,13-17H2,1H3. The minimum atomic E-state index is -0.374. The van der Waals surface area contributed by atoms with E-state index in [1.165, 1.54) is 5.69 Å². The Bertz CT molecular complexity index is 1340. The molecule has 1 fully saturated rings. The second-order valence-corrected chi connectivity index (χ2v) is 7.99. The smallest absolute Gasteiger partial charge is 0.344 e. The average molecular weight is 428 g/mol. The first-order valence-electron chi connectivity index (χ1n) is 10.8. The highest BCUT2D eigenvalue weighted by Gasteiger charge is 2.22. The number of anilines is 1. The Balaban J connectivity index is 1.28. The van der Waals surface area contributed by atoms with Gasteiger partial charge < -0.3 is 19.0 Å². The summed E-state index contributed by atoms with van der Waals surface area (Å²) in [7, 11) is 0. The van der Waals surface area contributed by atoms with Gasteiger partial charge in [-0.25, -0.2) is 4.79 Å². The summed E-state index contributed by atoms with van der Waals surface area (Å²) in [5, 5.41) is 2.26. The molecule has 0 unspecified atom stereocenters. The van der Waals surface area contributed by atoms with Crippen molar-refractivity contribution in [2.45, 2.75) is 6.92 Å². The maximum absolute atomic E-state index is 12.7. The minimum Gasteiger partial charge on any atom is -0.483 e. The number of piperazine rings is 1. The van der Waals surface area contributed by atoms with Crippen molar-refractivity contribution in [1.82, 2.24) is 4.90 Å². The molecule has 32 heavy (non-hydrogen) atoms. The monoisotopic (exact) mass is 428 g/mol. The first-order valence-corrected chi connectivity index (χ1v) is 10.8. The zero-order valence-electron chi connectivity index (χ0n) is 17.9. The van der Waals surface area contributed by atoms with E-state index in [0.717, 1.165) is 23.9 Å². The molecule has 1 saturated heterocycles. The van der Waals surface area contributed by atoms with Gasteiger partial charge in [0.1, 0.15) is 11.3 Å². The number of aryl methyl sites for hydroxylation is 1. The van der Waals surface area contributed by atoms with E-state index in [9.17, 15) is 9.59 Å². The van der Waals surface area contributed by atoms with Crippen molar-refractivity contribution in [1.29, 1.82) is 0 Å². The minimum absolute atomic E-state index is 0.0443. The lowest BCUT2D eigenvalue weighted by atomic mass is 10.0. The fourth-order valence-corrected chi connectivity index (χ4v) is 4.30. The predicted molar refractivity (Wildman–Crippen MR) is 125 cm³/mol. The van der Waals surface area contributed by atoms with Crippen LogP contribution in [0.25, 0.3) is 21.7 Å². The summed E-state index contributed by atoms with van der Waals surface area (Å²) in [6.07, 6.45) is 0. The first kappa shape index (κ1) is 20.1. The van der Waals surface area contributed by atoms with Gasteiger partial charge >= 0.3 is 5.63 Å². The van der Waals surface area contributed by atoms with Crippen LogP contribution in [0, 0.1) is 6.92 Å². The van der Waals surface area contributed by atoms with Gasteiger partial charge in [0.15, 0.2) is 6.61 Å². The van der Waals surface area contributed by atoms with Crippen molar-refractivity contribution in [2.75, 3.05) is 37.7 Å². The van der Waals surface area contributed by atoms with E-state index in [4.69, 9.17) is 9.15 Å². The predicted octanol–water partition coefficient (Wildman–Crippen LogP) is 3.98. The molecule has 0 atom stereocenters. The molecule has 0 N–H and O–H groups in total. The van der Waals surface area contributed by atoms with Crippen LogP contribution in [0.15, 0.2) is 75.9 Å². The van der Waals surface area contributed by atoms with Crippen molar-refractivity contribution in [3.8, 4) is 5.75 Å². The fourth-order valence-electron chi connectivity index (χ4n) is 4.30. The number of carbonyl (C=O) groups excluding carboxylic acids is 1. The summed E-state index contributed by atoms with van der Waals surface area (Å²) in [5.41, 5.74) is 2.01. The Hall–Kier alpha value is -3.80. The summed E-state index contributed by atoms with van der Waals surface area (Å²) in [6, 6.07) is 21.3. The van der Waals surface area contributed by atoms with Gasteiger partial charge in [-0.1, -0.05) is 36.4 Å². The van der Waals surface area contributed by atoms with Gasteiger partial charge in [0.25, 0.3) is 5.91 Å². The van der Waals surface area contributed by atoms with Crippen molar-refractivity contribution >= 4 is 33.3 Å². The molecule has 162 valence electrons. The highest BCUT2D eigenvalue weighted by molar-refractivity contribution is 6.05. The molecule has 5 rings (SSSR count). The summed E-state index contributed by atoms with van der Waals surface area (Å²) in [6.45, 7) is 4.71. The highest BCUT2D eigenvalue weighted by atomic mass is 16.5. The van der Waals surface area contributed by atoms with Crippen LogP contribution in [0.4, 0.5) is 5.69 Å². The number of fused-ring (bicyclic) bond motifs is 3. The second kappa shape index (κ2) is 8.38. The van der Waals surface area contributed by atoms with Crippen LogP contribution in [-0.4, -0.2) is 43.6 Å². The van der Waals surface area contributed by atoms with E-state index in [2.05, 4.69) is 17.0 Å². The molecular formula is C26H24N2O4. The number of nitrogens with zero attached hydrogens (tertiary/aromatic N) is 2. The third-order valence-electron chi connectivity index (χ3n) is 6.09. The molecular weight excluding hydrogens is 404 g/mol. The van der Waals surface area contributed by atoms with Gasteiger partial charge in [0, 0.05) is 42.8 Å². The summed E-state index contributed by atoms with van der Waals surface area (Å²) in [5.74, 6) is 0.504. The number of para-hydroxylation sites is 1. The van der Waals surface area contributed by atoms with Gasteiger partial charge in [-0.2, -0.15) is 0 Å². The van der Waals surface area contributed by atoms with Gasteiger partial charge in [0.05, 0.1) is 5.39 Å². The summed E-state index contributed by atoms with van der Waals surface area (Å²) in [4.78, 5) is 29.2. The first-order chi connectivity index (χ1) is 15.6. The van der Waals surface area contributed by atoms with Gasteiger partial charge in [0.2, 0.25) is 0 Å². The number of ether oxygens (including phenoxy) is 1. The number of amides is 1. The third kappa shape index (κ3) is 3.68. The lowest BCUT2D eigenvalue weighted by Gasteiger charge is -2.36. The molecule has 0 saturated carbocycles. The number of hydrogen-bond acceptors (Lipinski definition) is 5. The van der Waals surface area contributed by atoms with Gasteiger partial charge in [-0.05, 0) is 42.6 Å². The molecule has 0 radical (unpaired) electrons. The van der Waals surface area contributed by atoms with Crippen LogP contribution >= 0.6 is 0 Å². The molecule has 6 nitrogen and oxygen atoms in total. The van der Waals surface area contributed by atoms with Crippen molar-refractivity contribution in [3.05, 3.63) is 82.7 Å². The fraction of sp³-hybridized carbons (Fsp3) is 0.231. The van der Waals surface area contributed by atoms with Crippen molar-refractivity contribution in [2.24, 2.45) is 0 Å². The van der Waals surface area contributed by atoms with E-state index in [1.807, 2.05) is 60.4 Å². The van der Waals surface area contributed by atoms with Crippen LogP contribution in [0.1, 0.15) is 5.56 Å². The lowest BCUT2D eigenvalue weighted by Crippen LogP contribution is -2.50. The van der Waals surface area contributed by atoms with Crippen LogP contribution in [-0.2, 0) is 4.79 Å². The largest absolute Gasteiger partial charge is 0.483 e.